The Hall–Kier alpha value is -4.59. The number of benzene rings is 3. The molecular weight excluding hydrogens is 452 g/mol. The second-order valence-electron chi connectivity index (χ2n) is 8.03. The van der Waals surface area contributed by atoms with E-state index in [9.17, 15) is 19.5 Å². The number of para-hydroxylation sites is 1. The number of ketones is 1. The maximum atomic E-state index is 13.2. The van der Waals surface area contributed by atoms with Crippen LogP contribution in [-0.2, 0) is 4.79 Å². The molecular formula is C27H20O8. The van der Waals surface area contributed by atoms with E-state index in [2.05, 4.69) is 0 Å². The van der Waals surface area contributed by atoms with Crippen LogP contribution < -0.4 is 18.9 Å². The summed E-state index contributed by atoms with van der Waals surface area (Å²) in [6.45, 7) is 0. The van der Waals surface area contributed by atoms with Gasteiger partial charge in [-0.15, -0.1) is 0 Å². The van der Waals surface area contributed by atoms with Gasteiger partial charge in [0.2, 0.25) is 5.78 Å². The van der Waals surface area contributed by atoms with E-state index in [1.165, 1.54) is 26.4 Å². The molecule has 2 heterocycles. The number of hydrogen-bond acceptors (Lipinski definition) is 7. The summed E-state index contributed by atoms with van der Waals surface area (Å²) in [6.07, 6.45) is 1.61. The molecule has 8 nitrogen and oxygen atoms in total. The van der Waals surface area contributed by atoms with Crippen LogP contribution in [0.3, 0.4) is 0 Å². The average molecular weight is 472 g/mol. The van der Waals surface area contributed by atoms with E-state index in [0.717, 1.165) is 0 Å². The van der Waals surface area contributed by atoms with Gasteiger partial charge in [-0.3, -0.25) is 9.59 Å². The van der Waals surface area contributed by atoms with Crippen molar-refractivity contribution in [3.8, 4) is 23.0 Å². The van der Waals surface area contributed by atoms with Crippen LogP contribution in [0.4, 0.5) is 0 Å². The number of carboxylic acids is 1. The van der Waals surface area contributed by atoms with Crippen LogP contribution in [0.2, 0.25) is 0 Å². The number of aromatic carboxylic acids is 1. The van der Waals surface area contributed by atoms with Gasteiger partial charge in [0.05, 0.1) is 31.8 Å². The van der Waals surface area contributed by atoms with Crippen LogP contribution in [0.5, 0.6) is 23.0 Å². The van der Waals surface area contributed by atoms with Crippen molar-refractivity contribution in [3.63, 3.8) is 0 Å². The van der Waals surface area contributed by atoms with Crippen LogP contribution >= 0.6 is 0 Å². The van der Waals surface area contributed by atoms with Gasteiger partial charge in [0.25, 0.3) is 0 Å². The summed E-state index contributed by atoms with van der Waals surface area (Å²) >= 11 is 0. The van der Waals surface area contributed by atoms with Crippen molar-refractivity contribution in [2.24, 2.45) is 0 Å². The number of carbonyl (C=O) groups excluding carboxylic acids is 2. The van der Waals surface area contributed by atoms with Crippen LogP contribution in [0, 0.1) is 0 Å². The van der Waals surface area contributed by atoms with Crippen molar-refractivity contribution < 1.29 is 38.4 Å². The average Bonchev–Trinajstić information content (AvgIpc) is 3.18. The van der Waals surface area contributed by atoms with Crippen molar-refractivity contribution in [3.05, 3.63) is 88.2 Å². The molecule has 0 radical (unpaired) electrons. The fourth-order valence-electron chi connectivity index (χ4n) is 4.42. The SMILES string of the molecule is COc1cccc(C=C2Oc3c(ccc4c3C(c3ccc(C(=O)O)cc3)CC(=O)O4)C2=O)c1OC. The highest BCUT2D eigenvalue weighted by Crippen LogP contribution is 2.49. The second-order valence-corrected chi connectivity index (χ2v) is 8.03. The van der Waals surface area contributed by atoms with Crippen molar-refractivity contribution >= 4 is 23.8 Å². The first-order valence-electron chi connectivity index (χ1n) is 10.8. The Morgan fingerprint density at radius 2 is 1.77 bits per heavy atom. The van der Waals surface area contributed by atoms with Gasteiger partial charge < -0.3 is 24.1 Å². The van der Waals surface area contributed by atoms with E-state index in [1.54, 1.807) is 48.5 Å². The third kappa shape index (κ3) is 3.78. The molecule has 0 fully saturated rings. The number of carbonyl (C=O) groups is 3. The number of fused-ring (bicyclic) bond motifs is 3. The molecule has 0 saturated carbocycles. The molecule has 1 unspecified atom stereocenters. The van der Waals surface area contributed by atoms with E-state index in [0.29, 0.717) is 45.3 Å². The molecule has 176 valence electrons. The van der Waals surface area contributed by atoms with E-state index >= 15 is 0 Å². The molecule has 3 aromatic carbocycles. The zero-order chi connectivity index (χ0) is 24.7. The van der Waals surface area contributed by atoms with Crippen molar-refractivity contribution in [1.82, 2.24) is 0 Å². The number of allylic oxidation sites excluding steroid dienone is 1. The number of ether oxygens (including phenoxy) is 4. The van der Waals surface area contributed by atoms with Gasteiger partial charge in [0.15, 0.2) is 17.3 Å². The number of hydrogen-bond donors (Lipinski definition) is 1. The van der Waals surface area contributed by atoms with Crippen LogP contribution in [0.25, 0.3) is 6.08 Å². The third-order valence-corrected chi connectivity index (χ3v) is 6.06. The summed E-state index contributed by atoms with van der Waals surface area (Å²) in [5.41, 5.74) is 2.37. The molecule has 8 heteroatoms. The summed E-state index contributed by atoms with van der Waals surface area (Å²) in [6, 6.07) is 14.7. The van der Waals surface area contributed by atoms with E-state index in [4.69, 9.17) is 18.9 Å². The first-order chi connectivity index (χ1) is 16.9. The minimum Gasteiger partial charge on any atom is -0.493 e. The number of Topliss-reactive ketones (excluding diaryl/α,β-unsaturated/α-hetero) is 1. The number of esters is 1. The van der Waals surface area contributed by atoms with Gasteiger partial charge in [0, 0.05) is 17.0 Å². The fraction of sp³-hybridized carbons (Fsp3) is 0.148. The summed E-state index contributed by atoms with van der Waals surface area (Å²) in [5, 5.41) is 9.21. The summed E-state index contributed by atoms with van der Waals surface area (Å²) in [5.74, 6) is -0.561. The standard InChI is InChI=1S/C27H20O8/c1-32-20-5-3-4-16(25(20)33-2)12-21-24(29)17-10-11-19-23(26(17)35-21)18(13-22(28)34-19)14-6-8-15(9-7-14)27(30)31/h3-12,18H,13H2,1-2H3,(H,30,31). The zero-order valence-electron chi connectivity index (χ0n) is 18.9. The Kier molecular flexibility index (Phi) is 5.49. The van der Waals surface area contributed by atoms with E-state index in [1.807, 2.05) is 0 Å². The molecule has 5 rings (SSSR count). The molecule has 3 aromatic rings. The predicted octanol–water partition coefficient (Wildman–Crippen LogP) is 4.46. The number of methoxy groups -OCH3 is 2. The summed E-state index contributed by atoms with van der Waals surface area (Å²) in [7, 11) is 3.04. The topological polar surface area (TPSA) is 108 Å². The van der Waals surface area contributed by atoms with Crippen LogP contribution in [0.15, 0.2) is 60.4 Å². The maximum absolute atomic E-state index is 13.2. The lowest BCUT2D eigenvalue weighted by atomic mass is 9.84. The quantitative estimate of drug-likeness (QED) is 0.329. The normalized spacial score (nSPS) is 17.3. The van der Waals surface area contributed by atoms with Gasteiger partial charge in [-0.2, -0.15) is 0 Å². The monoisotopic (exact) mass is 472 g/mol. The van der Waals surface area contributed by atoms with Crippen molar-refractivity contribution in [2.75, 3.05) is 14.2 Å². The first-order valence-corrected chi connectivity index (χ1v) is 10.8. The summed E-state index contributed by atoms with van der Waals surface area (Å²) < 4.78 is 22.3. The van der Waals surface area contributed by atoms with Gasteiger partial charge in [-0.1, -0.05) is 24.3 Å². The van der Waals surface area contributed by atoms with Crippen LogP contribution in [0.1, 0.15) is 49.7 Å². The minimum atomic E-state index is -1.04. The Morgan fingerprint density at radius 3 is 2.46 bits per heavy atom. The molecule has 2 aliphatic rings. The predicted molar refractivity (Wildman–Crippen MR) is 124 cm³/mol. The molecule has 1 atom stereocenters. The second kappa shape index (κ2) is 8.64. The van der Waals surface area contributed by atoms with Gasteiger partial charge in [0.1, 0.15) is 11.5 Å². The summed E-state index contributed by atoms with van der Waals surface area (Å²) in [4.78, 5) is 36.8. The lowest BCUT2D eigenvalue weighted by molar-refractivity contribution is -0.135. The highest BCUT2D eigenvalue weighted by Gasteiger charge is 2.38. The molecule has 0 aromatic heterocycles. The Balaban J connectivity index is 1.59. The van der Waals surface area contributed by atoms with E-state index in [-0.39, 0.29) is 23.5 Å². The largest absolute Gasteiger partial charge is 0.493 e. The van der Waals surface area contributed by atoms with Gasteiger partial charge in [-0.25, -0.2) is 4.79 Å². The maximum Gasteiger partial charge on any atom is 0.335 e. The molecule has 35 heavy (non-hydrogen) atoms. The van der Waals surface area contributed by atoms with E-state index < -0.39 is 17.9 Å². The fourth-order valence-corrected chi connectivity index (χ4v) is 4.42. The molecule has 1 N–H and O–H groups in total. The smallest absolute Gasteiger partial charge is 0.335 e. The van der Waals surface area contributed by atoms with Crippen molar-refractivity contribution in [1.29, 1.82) is 0 Å². The molecule has 0 spiro atoms. The van der Waals surface area contributed by atoms with Crippen LogP contribution in [-0.4, -0.2) is 37.0 Å². The van der Waals surface area contributed by atoms with Gasteiger partial charge >= 0.3 is 11.9 Å². The third-order valence-electron chi connectivity index (χ3n) is 6.06. The highest BCUT2D eigenvalue weighted by atomic mass is 16.5. The molecule has 0 bridgehead atoms. The minimum absolute atomic E-state index is 0.0240. The highest BCUT2D eigenvalue weighted by molar-refractivity contribution is 6.15. The van der Waals surface area contributed by atoms with Gasteiger partial charge in [-0.05, 0) is 42.0 Å². The number of rotatable bonds is 5. The molecule has 0 amide bonds. The van der Waals surface area contributed by atoms with Crippen molar-refractivity contribution in [2.45, 2.75) is 12.3 Å². The Morgan fingerprint density at radius 1 is 1.00 bits per heavy atom. The molecule has 2 aliphatic heterocycles. The Bertz CT molecular complexity index is 1400. The lowest BCUT2D eigenvalue weighted by Crippen LogP contribution is -2.21. The zero-order valence-corrected chi connectivity index (χ0v) is 18.9. The Labute approximate surface area is 200 Å². The first kappa shape index (κ1) is 22.2. The molecule has 0 aliphatic carbocycles. The lowest BCUT2D eigenvalue weighted by Gasteiger charge is -2.26. The number of carboxylic acid groups (broad SMARTS) is 1. The molecule has 0 saturated heterocycles.